The normalized spacial score (nSPS) is 23.4. The summed E-state index contributed by atoms with van der Waals surface area (Å²) in [6, 6.07) is 3.75. The quantitative estimate of drug-likeness (QED) is 0.879. The van der Waals surface area contributed by atoms with E-state index in [9.17, 15) is 19.4 Å². The van der Waals surface area contributed by atoms with Crippen molar-refractivity contribution in [3.63, 3.8) is 0 Å². The summed E-state index contributed by atoms with van der Waals surface area (Å²) in [5.74, 6) is -0.794. The van der Waals surface area contributed by atoms with E-state index < -0.39 is 18.0 Å². The number of hydrogen-bond donors (Lipinski definition) is 2. The highest BCUT2D eigenvalue weighted by Crippen LogP contribution is 2.36. The van der Waals surface area contributed by atoms with E-state index in [0.29, 0.717) is 18.5 Å². The van der Waals surface area contributed by atoms with Gasteiger partial charge in [-0.15, -0.1) is 0 Å². The van der Waals surface area contributed by atoms with E-state index in [1.807, 2.05) is 0 Å². The van der Waals surface area contributed by atoms with Gasteiger partial charge >= 0.3 is 6.09 Å². The minimum absolute atomic E-state index is 0.00184. The molecule has 0 aromatic heterocycles. The van der Waals surface area contributed by atoms with Crippen LogP contribution in [0.4, 0.5) is 9.18 Å². The first kappa shape index (κ1) is 14.1. The van der Waals surface area contributed by atoms with Crippen molar-refractivity contribution in [2.24, 2.45) is 5.92 Å². The third-order valence-corrected chi connectivity index (χ3v) is 3.83. The molecule has 1 saturated heterocycles. The van der Waals surface area contributed by atoms with Crippen molar-refractivity contribution in [3.05, 3.63) is 34.6 Å². The molecule has 1 heterocycles. The molecular weight excluding hydrogens is 273 g/mol. The Kier molecular flexibility index (Phi) is 4.27. The number of hydrogen-bond acceptors (Lipinski definition) is 2. The highest BCUT2D eigenvalue weighted by molar-refractivity contribution is 6.30. The molecular formula is C13H15ClFNO3. The summed E-state index contributed by atoms with van der Waals surface area (Å²) in [5.41, 5.74) is 0.531. The van der Waals surface area contributed by atoms with Gasteiger partial charge in [-0.25, -0.2) is 9.18 Å². The number of benzene rings is 1. The lowest BCUT2D eigenvalue weighted by molar-refractivity contribution is 0.0534. The van der Waals surface area contributed by atoms with Crippen LogP contribution in [0.25, 0.3) is 0 Å². The Morgan fingerprint density at radius 3 is 2.84 bits per heavy atom. The molecule has 104 valence electrons. The second kappa shape index (κ2) is 5.75. The van der Waals surface area contributed by atoms with Crippen molar-refractivity contribution in [1.29, 1.82) is 0 Å². The molecule has 0 saturated carbocycles. The number of nitrogens with zero attached hydrogens (tertiary/aromatic N) is 1. The van der Waals surface area contributed by atoms with Crippen LogP contribution >= 0.6 is 11.6 Å². The topological polar surface area (TPSA) is 60.8 Å². The molecule has 0 bridgehead atoms. The Morgan fingerprint density at radius 2 is 2.26 bits per heavy atom. The van der Waals surface area contributed by atoms with E-state index in [1.54, 1.807) is 6.07 Å². The number of rotatable bonds is 2. The highest BCUT2D eigenvalue weighted by atomic mass is 35.5. The lowest BCUT2D eigenvalue weighted by Crippen LogP contribution is -2.43. The number of likely N-dealkylation sites (tertiary alicyclic amines) is 1. The summed E-state index contributed by atoms with van der Waals surface area (Å²) in [4.78, 5) is 12.5. The second-order valence-electron chi connectivity index (χ2n) is 4.68. The van der Waals surface area contributed by atoms with E-state index >= 15 is 0 Å². The Hall–Kier alpha value is -1.33. The highest BCUT2D eigenvalue weighted by Gasteiger charge is 2.35. The molecule has 2 N–H and O–H groups in total. The molecule has 2 atom stereocenters. The van der Waals surface area contributed by atoms with Gasteiger partial charge in [-0.2, -0.15) is 0 Å². The third-order valence-electron chi connectivity index (χ3n) is 3.52. The Labute approximate surface area is 115 Å². The van der Waals surface area contributed by atoms with E-state index in [2.05, 4.69) is 0 Å². The maximum Gasteiger partial charge on any atom is 0.407 e. The Balaban J connectivity index is 2.39. The molecule has 1 aliphatic heterocycles. The fourth-order valence-electron chi connectivity index (χ4n) is 2.63. The van der Waals surface area contributed by atoms with Crippen LogP contribution in [0.2, 0.25) is 5.02 Å². The van der Waals surface area contributed by atoms with Crippen LogP contribution in [-0.2, 0) is 0 Å². The minimum Gasteiger partial charge on any atom is -0.465 e. The van der Waals surface area contributed by atoms with E-state index in [0.717, 1.165) is 6.42 Å². The van der Waals surface area contributed by atoms with Gasteiger partial charge in [-0.3, -0.25) is 0 Å². The van der Waals surface area contributed by atoms with Gasteiger partial charge < -0.3 is 15.1 Å². The average Bonchev–Trinajstić information content (AvgIpc) is 2.41. The first-order chi connectivity index (χ1) is 9.04. The van der Waals surface area contributed by atoms with Gasteiger partial charge in [0, 0.05) is 19.1 Å². The van der Waals surface area contributed by atoms with Crippen molar-refractivity contribution >= 4 is 17.7 Å². The van der Waals surface area contributed by atoms with Gasteiger partial charge in [0.1, 0.15) is 5.82 Å². The van der Waals surface area contributed by atoms with Gasteiger partial charge in [0.2, 0.25) is 0 Å². The number of halogens is 2. The molecule has 19 heavy (non-hydrogen) atoms. The number of piperidine rings is 1. The van der Waals surface area contributed by atoms with Crippen molar-refractivity contribution in [1.82, 2.24) is 4.90 Å². The predicted octanol–water partition coefficient (Wildman–Crippen LogP) is 2.90. The molecule has 0 unspecified atom stereocenters. The van der Waals surface area contributed by atoms with Crippen LogP contribution in [0.1, 0.15) is 24.4 Å². The largest absolute Gasteiger partial charge is 0.465 e. The molecule has 6 heteroatoms. The molecule has 0 aliphatic carbocycles. The van der Waals surface area contributed by atoms with Crippen molar-refractivity contribution in [3.8, 4) is 0 Å². The molecule has 1 amide bonds. The standard InChI is InChI=1S/C13H15ClFNO3/c14-10-4-3-8(6-11(10)15)12-9(7-17)2-1-5-16(12)13(18)19/h3-4,6,9,12,17H,1-2,5,7H2,(H,18,19)/t9-,12-/m1/s1. The van der Waals surface area contributed by atoms with Gasteiger partial charge in [-0.1, -0.05) is 17.7 Å². The number of amides is 1. The van der Waals surface area contributed by atoms with Crippen LogP contribution in [-0.4, -0.2) is 34.4 Å². The summed E-state index contributed by atoms with van der Waals surface area (Å²) < 4.78 is 13.5. The number of aliphatic hydroxyl groups excluding tert-OH is 1. The van der Waals surface area contributed by atoms with Crippen LogP contribution in [0.15, 0.2) is 18.2 Å². The lowest BCUT2D eigenvalue weighted by Gasteiger charge is -2.39. The molecule has 0 radical (unpaired) electrons. The minimum atomic E-state index is -1.06. The third kappa shape index (κ3) is 2.82. The number of carbonyl (C=O) groups is 1. The number of aliphatic hydroxyl groups is 1. The molecule has 1 aliphatic rings. The molecule has 0 spiro atoms. The second-order valence-corrected chi connectivity index (χ2v) is 5.09. The summed E-state index contributed by atoms with van der Waals surface area (Å²) in [7, 11) is 0. The zero-order valence-corrected chi connectivity index (χ0v) is 11.0. The lowest BCUT2D eigenvalue weighted by atomic mass is 9.85. The van der Waals surface area contributed by atoms with Crippen LogP contribution < -0.4 is 0 Å². The maximum atomic E-state index is 13.5. The summed E-state index contributed by atoms with van der Waals surface area (Å²) in [6.45, 7) is 0.263. The molecule has 1 aromatic carbocycles. The van der Waals surface area contributed by atoms with Gasteiger partial charge in [0.15, 0.2) is 0 Å². The van der Waals surface area contributed by atoms with E-state index in [1.165, 1.54) is 17.0 Å². The molecule has 1 fully saturated rings. The SMILES string of the molecule is O=C(O)N1CCC[C@H](CO)[C@H]1c1ccc(Cl)c(F)c1. The molecule has 1 aromatic rings. The zero-order valence-electron chi connectivity index (χ0n) is 10.2. The first-order valence-corrected chi connectivity index (χ1v) is 6.47. The Bertz CT molecular complexity index is 483. The van der Waals surface area contributed by atoms with Crippen molar-refractivity contribution in [2.75, 3.05) is 13.2 Å². The zero-order chi connectivity index (χ0) is 14.0. The van der Waals surface area contributed by atoms with Crippen LogP contribution in [0.5, 0.6) is 0 Å². The maximum absolute atomic E-state index is 13.5. The smallest absolute Gasteiger partial charge is 0.407 e. The monoisotopic (exact) mass is 287 g/mol. The number of carboxylic acid groups (broad SMARTS) is 1. The van der Waals surface area contributed by atoms with Gasteiger partial charge in [0.05, 0.1) is 11.1 Å². The van der Waals surface area contributed by atoms with Gasteiger partial charge in [-0.05, 0) is 30.5 Å². The summed E-state index contributed by atoms with van der Waals surface area (Å²) in [5, 5.41) is 18.6. The van der Waals surface area contributed by atoms with Crippen molar-refractivity contribution in [2.45, 2.75) is 18.9 Å². The van der Waals surface area contributed by atoms with E-state index in [-0.39, 0.29) is 17.5 Å². The van der Waals surface area contributed by atoms with Crippen LogP contribution in [0, 0.1) is 11.7 Å². The van der Waals surface area contributed by atoms with Crippen LogP contribution in [0.3, 0.4) is 0 Å². The molecule has 4 nitrogen and oxygen atoms in total. The first-order valence-electron chi connectivity index (χ1n) is 6.10. The fourth-order valence-corrected chi connectivity index (χ4v) is 2.75. The van der Waals surface area contributed by atoms with Crippen molar-refractivity contribution < 1.29 is 19.4 Å². The summed E-state index contributed by atoms with van der Waals surface area (Å²) >= 11 is 5.63. The van der Waals surface area contributed by atoms with E-state index in [4.69, 9.17) is 11.6 Å². The summed E-state index contributed by atoms with van der Waals surface area (Å²) in [6.07, 6.45) is 0.359. The average molecular weight is 288 g/mol. The predicted molar refractivity (Wildman–Crippen MR) is 68.7 cm³/mol. The van der Waals surface area contributed by atoms with Gasteiger partial charge in [0.25, 0.3) is 0 Å². The fraction of sp³-hybridized carbons (Fsp3) is 0.462. The Morgan fingerprint density at radius 1 is 1.53 bits per heavy atom. The molecule has 2 rings (SSSR count).